The van der Waals surface area contributed by atoms with E-state index in [1.54, 1.807) is 6.20 Å². The summed E-state index contributed by atoms with van der Waals surface area (Å²) in [4.78, 5) is 4.29. The van der Waals surface area contributed by atoms with Crippen LogP contribution in [0.2, 0.25) is 0 Å². The Hall–Kier alpha value is -1.88. The van der Waals surface area contributed by atoms with E-state index in [9.17, 15) is 0 Å². The molecule has 0 saturated carbocycles. The molecule has 2 aromatic heterocycles. The molecule has 0 bridgehead atoms. The van der Waals surface area contributed by atoms with Crippen LogP contribution in [0.1, 0.15) is 24.6 Å². The molecule has 0 fully saturated rings. The third-order valence-corrected chi connectivity index (χ3v) is 2.74. The van der Waals surface area contributed by atoms with Crippen molar-refractivity contribution in [3.63, 3.8) is 0 Å². The molecule has 2 rings (SSSR count). The number of hydrogen-bond acceptors (Lipinski definition) is 4. The molecule has 102 valence electrons. The van der Waals surface area contributed by atoms with Crippen LogP contribution in [0.15, 0.2) is 24.7 Å². The zero-order valence-corrected chi connectivity index (χ0v) is 11.7. The standard InChI is InChI=1S/C14H20N4O/c1-4-5-18-10-13(9-17-18)19-14-6-11(2)16-8-12(14)7-15-3/h6,8-10,15H,4-5,7H2,1-3H3. The van der Waals surface area contributed by atoms with Crippen molar-refractivity contribution in [2.45, 2.75) is 33.4 Å². The van der Waals surface area contributed by atoms with Gasteiger partial charge in [-0.1, -0.05) is 6.92 Å². The van der Waals surface area contributed by atoms with E-state index in [0.29, 0.717) is 0 Å². The Kier molecular flexibility index (Phi) is 4.52. The van der Waals surface area contributed by atoms with Gasteiger partial charge in [-0.15, -0.1) is 0 Å². The van der Waals surface area contributed by atoms with Gasteiger partial charge in [0.15, 0.2) is 5.75 Å². The number of nitrogens with zero attached hydrogens (tertiary/aromatic N) is 3. The van der Waals surface area contributed by atoms with Crippen LogP contribution in [0.3, 0.4) is 0 Å². The van der Waals surface area contributed by atoms with Crippen molar-refractivity contribution in [3.8, 4) is 11.5 Å². The van der Waals surface area contributed by atoms with Crippen LogP contribution in [0.5, 0.6) is 11.5 Å². The second kappa shape index (κ2) is 6.33. The highest BCUT2D eigenvalue weighted by Crippen LogP contribution is 2.25. The van der Waals surface area contributed by atoms with E-state index in [1.165, 1.54) is 0 Å². The average molecular weight is 260 g/mol. The van der Waals surface area contributed by atoms with Gasteiger partial charge in [-0.05, 0) is 20.4 Å². The molecule has 0 spiro atoms. The molecule has 0 aliphatic rings. The average Bonchev–Trinajstić information content (AvgIpc) is 2.81. The molecule has 5 heteroatoms. The van der Waals surface area contributed by atoms with Gasteiger partial charge in [0, 0.05) is 36.6 Å². The van der Waals surface area contributed by atoms with Gasteiger partial charge in [0.1, 0.15) is 5.75 Å². The Labute approximate surface area is 113 Å². The maximum atomic E-state index is 5.91. The Morgan fingerprint density at radius 3 is 2.95 bits per heavy atom. The van der Waals surface area contributed by atoms with Crippen LogP contribution in [0, 0.1) is 6.92 Å². The van der Waals surface area contributed by atoms with Crippen LogP contribution in [-0.2, 0) is 13.1 Å². The Morgan fingerprint density at radius 1 is 1.37 bits per heavy atom. The maximum Gasteiger partial charge on any atom is 0.165 e. The molecule has 19 heavy (non-hydrogen) atoms. The number of nitrogens with one attached hydrogen (secondary N) is 1. The van der Waals surface area contributed by atoms with E-state index >= 15 is 0 Å². The van der Waals surface area contributed by atoms with Gasteiger partial charge in [0.05, 0.1) is 12.4 Å². The highest BCUT2D eigenvalue weighted by atomic mass is 16.5. The Balaban J connectivity index is 2.18. The lowest BCUT2D eigenvalue weighted by Crippen LogP contribution is -2.07. The van der Waals surface area contributed by atoms with E-state index in [4.69, 9.17) is 4.74 Å². The molecular weight excluding hydrogens is 240 g/mol. The topological polar surface area (TPSA) is 52.0 Å². The quantitative estimate of drug-likeness (QED) is 0.867. The lowest BCUT2D eigenvalue weighted by Gasteiger charge is -2.09. The monoisotopic (exact) mass is 260 g/mol. The summed E-state index contributed by atoms with van der Waals surface area (Å²) in [6, 6.07) is 1.95. The van der Waals surface area contributed by atoms with Crippen LogP contribution in [-0.4, -0.2) is 21.8 Å². The van der Waals surface area contributed by atoms with Crippen LogP contribution >= 0.6 is 0 Å². The smallest absolute Gasteiger partial charge is 0.165 e. The zero-order valence-electron chi connectivity index (χ0n) is 11.7. The summed E-state index contributed by atoms with van der Waals surface area (Å²) in [5, 5.41) is 7.37. The molecule has 1 N–H and O–H groups in total. The number of ether oxygens (including phenoxy) is 1. The summed E-state index contributed by atoms with van der Waals surface area (Å²) >= 11 is 0. The molecule has 0 aliphatic carbocycles. The summed E-state index contributed by atoms with van der Waals surface area (Å²) in [5.74, 6) is 1.59. The second-order valence-corrected chi connectivity index (χ2v) is 4.50. The summed E-state index contributed by atoms with van der Waals surface area (Å²) in [6.45, 7) is 5.71. The second-order valence-electron chi connectivity index (χ2n) is 4.50. The van der Waals surface area contributed by atoms with Crippen LogP contribution in [0.25, 0.3) is 0 Å². The van der Waals surface area contributed by atoms with Crippen LogP contribution < -0.4 is 10.1 Å². The normalized spacial score (nSPS) is 10.7. The van der Waals surface area contributed by atoms with Gasteiger partial charge in [0.2, 0.25) is 0 Å². The number of rotatable bonds is 6. The number of aryl methyl sites for hydroxylation is 2. The fraction of sp³-hybridized carbons (Fsp3) is 0.429. The molecule has 0 saturated heterocycles. The van der Waals surface area contributed by atoms with E-state index in [0.717, 1.165) is 42.3 Å². The minimum atomic E-state index is 0.728. The van der Waals surface area contributed by atoms with Crippen molar-refractivity contribution in [2.75, 3.05) is 7.05 Å². The molecule has 2 heterocycles. The van der Waals surface area contributed by atoms with Crippen molar-refractivity contribution < 1.29 is 4.74 Å². The van der Waals surface area contributed by atoms with Crippen LogP contribution in [0.4, 0.5) is 0 Å². The first kappa shape index (κ1) is 13.5. The third kappa shape index (κ3) is 3.54. The van der Waals surface area contributed by atoms with Gasteiger partial charge in [-0.25, -0.2) is 0 Å². The summed E-state index contributed by atoms with van der Waals surface area (Å²) < 4.78 is 7.80. The number of pyridine rings is 1. The third-order valence-electron chi connectivity index (χ3n) is 2.74. The predicted octanol–water partition coefficient (Wildman–Crippen LogP) is 2.51. The van der Waals surface area contributed by atoms with Crippen molar-refractivity contribution in [3.05, 3.63) is 35.9 Å². The predicted molar refractivity (Wildman–Crippen MR) is 74.3 cm³/mol. The largest absolute Gasteiger partial charge is 0.454 e. The molecular formula is C14H20N4O. The fourth-order valence-electron chi connectivity index (χ4n) is 1.86. The lowest BCUT2D eigenvalue weighted by molar-refractivity contribution is 0.471. The summed E-state index contributed by atoms with van der Waals surface area (Å²) in [5.41, 5.74) is 1.98. The fourth-order valence-corrected chi connectivity index (χ4v) is 1.86. The molecule has 0 aromatic carbocycles. The Morgan fingerprint density at radius 2 is 2.21 bits per heavy atom. The molecule has 0 amide bonds. The number of aromatic nitrogens is 3. The molecule has 5 nitrogen and oxygen atoms in total. The minimum Gasteiger partial charge on any atom is -0.454 e. The first-order valence-corrected chi connectivity index (χ1v) is 6.53. The molecule has 0 unspecified atom stereocenters. The highest BCUT2D eigenvalue weighted by molar-refractivity contribution is 5.36. The maximum absolute atomic E-state index is 5.91. The minimum absolute atomic E-state index is 0.728. The summed E-state index contributed by atoms with van der Waals surface area (Å²) in [7, 11) is 1.91. The molecule has 2 aromatic rings. The van der Waals surface area contributed by atoms with E-state index in [-0.39, 0.29) is 0 Å². The van der Waals surface area contributed by atoms with Crippen molar-refractivity contribution in [1.29, 1.82) is 0 Å². The molecule has 0 aliphatic heterocycles. The van der Waals surface area contributed by atoms with Gasteiger partial charge in [-0.2, -0.15) is 5.10 Å². The molecule has 0 radical (unpaired) electrons. The first-order valence-electron chi connectivity index (χ1n) is 6.53. The van der Waals surface area contributed by atoms with Gasteiger partial charge in [0.25, 0.3) is 0 Å². The first-order chi connectivity index (χ1) is 9.22. The van der Waals surface area contributed by atoms with Crippen molar-refractivity contribution in [1.82, 2.24) is 20.1 Å². The number of hydrogen-bond donors (Lipinski definition) is 1. The lowest BCUT2D eigenvalue weighted by atomic mass is 10.2. The highest BCUT2D eigenvalue weighted by Gasteiger charge is 2.07. The van der Waals surface area contributed by atoms with E-state index in [2.05, 4.69) is 22.3 Å². The zero-order chi connectivity index (χ0) is 13.7. The van der Waals surface area contributed by atoms with Crippen molar-refractivity contribution in [2.24, 2.45) is 0 Å². The SMILES string of the molecule is CCCn1cc(Oc2cc(C)ncc2CNC)cn1. The van der Waals surface area contributed by atoms with Gasteiger partial charge < -0.3 is 10.1 Å². The summed E-state index contributed by atoms with van der Waals surface area (Å²) in [6.07, 6.45) is 6.56. The van der Waals surface area contributed by atoms with E-state index in [1.807, 2.05) is 37.1 Å². The van der Waals surface area contributed by atoms with Crippen molar-refractivity contribution >= 4 is 0 Å². The molecule has 0 atom stereocenters. The van der Waals surface area contributed by atoms with Gasteiger partial charge in [-0.3, -0.25) is 9.67 Å². The van der Waals surface area contributed by atoms with Gasteiger partial charge >= 0.3 is 0 Å². The van der Waals surface area contributed by atoms with E-state index < -0.39 is 0 Å². The Bertz CT molecular complexity index is 536.